The Bertz CT molecular complexity index is 405. The van der Waals surface area contributed by atoms with Crippen molar-refractivity contribution < 1.29 is 4.79 Å². The van der Waals surface area contributed by atoms with E-state index in [-0.39, 0.29) is 11.2 Å². The highest BCUT2D eigenvalue weighted by molar-refractivity contribution is 9.10. The maximum absolute atomic E-state index is 11.6. The first kappa shape index (κ1) is 13.0. The molecule has 1 aromatic carbocycles. The Labute approximate surface area is 105 Å². The number of rotatable bonds is 3. The van der Waals surface area contributed by atoms with E-state index in [0.717, 1.165) is 10.2 Å². The van der Waals surface area contributed by atoms with Crippen LogP contribution in [0.5, 0.6) is 0 Å². The molecule has 0 unspecified atom stereocenters. The summed E-state index contributed by atoms with van der Waals surface area (Å²) < 4.78 is 1.01. The standard InChI is InChI=1S/C13H16BrNO/c1-13(2,3)12(16)7-8-15-11-6-4-5-10(14)9-11/h4-9,15H,1-3H3/b8-7+. The molecule has 0 atom stereocenters. The van der Waals surface area contributed by atoms with Crippen molar-refractivity contribution >= 4 is 27.4 Å². The smallest absolute Gasteiger partial charge is 0.162 e. The van der Waals surface area contributed by atoms with E-state index in [0.29, 0.717) is 0 Å². The van der Waals surface area contributed by atoms with Gasteiger partial charge in [0, 0.05) is 21.8 Å². The minimum atomic E-state index is -0.324. The van der Waals surface area contributed by atoms with E-state index in [2.05, 4.69) is 21.2 Å². The van der Waals surface area contributed by atoms with Gasteiger partial charge in [-0.15, -0.1) is 0 Å². The first-order valence-electron chi connectivity index (χ1n) is 5.13. The molecular weight excluding hydrogens is 266 g/mol. The molecule has 0 aliphatic heterocycles. The fourth-order valence-corrected chi connectivity index (χ4v) is 1.44. The summed E-state index contributed by atoms with van der Waals surface area (Å²) in [7, 11) is 0. The Kier molecular flexibility index (Phi) is 4.30. The molecule has 0 saturated carbocycles. The number of nitrogens with one attached hydrogen (secondary N) is 1. The van der Waals surface area contributed by atoms with Gasteiger partial charge in [0.1, 0.15) is 0 Å². The van der Waals surface area contributed by atoms with Crippen molar-refractivity contribution in [2.75, 3.05) is 5.32 Å². The molecule has 0 saturated heterocycles. The molecule has 0 aromatic heterocycles. The summed E-state index contributed by atoms with van der Waals surface area (Å²) in [5.41, 5.74) is 0.627. The molecular formula is C13H16BrNO. The van der Waals surface area contributed by atoms with Crippen LogP contribution in [0, 0.1) is 5.41 Å². The number of ketones is 1. The van der Waals surface area contributed by atoms with Gasteiger partial charge < -0.3 is 5.32 Å². The number of allylic oxidation sites excluding steroid dienone is 1. The Morgan fingerprint density at radius 3 is 2.62 bits per heavy atom. The van der Waals surface area contributed by atoms with Gasteiger partial charge in [-0.1, -0.05) is 42.8 Å². The van der Waals surface area contributed by atoms with Gasteiger partial charge >= 0.3 is 0 Å². The van der Waals surface area contributed by atoms with Crippen LogP contribution in [0.3, 0.4) is 0 Å². The fraction of sp³-hybridized carbons (Fsp3) is 0.308. The highest BCUT2D eigenvalue weighted by Crippen LogP contribution is 2.17. The molecule has 0 amide bonds. The van der Waals surface area contributed by atoms with Crippen molar-refractivity contribution in [3.63, 3.8) is 0 Å². The van der Waals surface area contributed by atoms with E-state index >= 15 is 0 Å². The average Bonchev–Trinajstić information content (AvgIpc) is 2.16. The lowest BCUT2D eigenvalue weighted by Gasteiger charge is -2.13. The fourth-order valence-electron chi connectivity index (χ4n) is 1.04. The molecule has 16 heavy (non-hydrogen) atoms. The highest BCUT2D eigenvalue weighted by atomic mass is 79.9. The summed E-state index contributed by atoms with van der Waals surface area (Å²) in [5.74, 6) is 0.106. The SMILES string of the molecule is CC(C)(C)C(=O)/C=C/Nc1cccc(Br)c1. The maximum Gasteiger partial charge on any atom is 0.162 e. The quantitative estimate of drug-likeness (QED) is 0.849. The summed E-state index contributed by atoms with van der Waals surface area (Å²) in [6.45, 7) is 5.70. The van der Waals surface area contributed by atoms with Crippen LogP contribution in [0.2, 0.25) is 0 Å². The summed E-state index contributed by atoms with van der Waals surface area (Å²) >= 11 is 3.38. The molecule has 1 aromatic rings. The average molecular weight is 282 g/mol. The molecule has 0 bridgehead atoms. The third kappa shape index (κ3) is 4.19. The second kappa shape index (κ2) is 5.30. The number of anilines is 1. The topological polar surface area (TPSA) is 29.1 Å². The predicted octanol–water partition coefficient (Wildman–Crippen LogP) is 3.99. The van der Waals surface area contributed by atoms with E-state index in [1.165, 1.54) is 0 Å². The van der Waals surface area contributed by atoms with Gasteiger partial charge in [-0.25, -0.2) is 0 Å². The lowest BCUT2D eigenvalue weighted by molar-refractivity contribution is -0.121. The minimum Gasteiger partial charge on any atom is -0.362 e. The van der Waals surface area contributed by atoms with Crippen LogP contribution in [0.4, 0.5) is 5.69 Å². The number of halogens is 1. The molecule has 3 heteroatoms. The van der Waals surface area contributed by atoms with E-state index in [4.69, 9.17) is 0 Å². The zero-order valence-electron chi connectivity index (χ0n) is 9.75. The molecule has 0 spiro atoms. The minimum absolute atomic E-state index is 0.106. The largest absolute Gasteiger partial charge is 0.362 e. The number of carbonyl (C=O) groups excluding carboxylic acids is 1. The van der Waals surface area contributed by atoms with Crippen LogP contribution in [-0.2, 0) is 4.79 Å². The van der Waals surface area contributed by atoms with Crippen molar-refractivity contribution in [1.82, 2.24) is 0 Å². The van der Waals surface area contributed by atoms with Gasteiger partial charge in [0.2, 0.25) is 0 Å². The molecule has 1 N–H and O–H groups in total. The number of hydrogen-bond acceptors (Lipinski definition) is 2. The number of hydrogen-bond donors (Lipinski definition) is 1. The van der Waals surface area contributed by atoms with Crippen molar-refractivity contribution in [2.45, 2.75) is 20.8 Å². The summed E-state index contributed by atoms with van der Waals surface area (Å²) in [6, 6.07) is 7.78. The van der Waals surface area contributed by atoms with Gasteiger partial charge in [-0.05, 0) is 24.3 Å². The summed E-state index contributed by atoms with van der Waals surface area (Å²) in [5, 5.41) is 3.06. The molecule has 0 radical (unpaired) electrons. The molecule has 86 valence electrons. The molecule has 0 fully saturated rings. The maximum atomic E-state index is 11.6. The van der Waals surface area contributed by atoms with Crippen LogP contribution < -0.4 is 5.32 Å². The number of carbonyl (C=O) groups is 1. The first-order valence-corrected chi connectivity index (χ1v) is 5.92. The van der Waals surface area contributed by atoms with E-state index in [9.17, 15) is 4.79 Å². The molecule has 2 nitrogen and oxygen atoms in total. The van der Waals surface area contributed by atoms with Gasteiger partial charge in [-0.2, -0.15) is 0 Å². The van der Waals surface area contributed by atoms with Crippen LogP contribution >= 0.6 is 15.9 Å². The van der Waals surface area contributed by atoms with Crippen molar-refractivity contribution in [3.05, 3.63) is 41.0 Å². The van der Waals surface area contributed by atoms with Crippen molar-refractivity contribution in [2.24, 2.45) is 5.41 Å². The zero-order valence-corrected chi connectivity index (χ0v) is 11.3. The Morgan fingerprint density at radius 1 is 1.38 bits per heavy atom. The third-order valence-corrected chi connectivity index (χ3v) is 2.54. The van der Waals surface area contributed by atoms with Gasteiger partial charge in [0.05, 0.1) is 0 Å². The lowest BCUT2D eigenvalue weighted by Crippen LogP contribution is -2.17. The third-order valence-electron chi connectivity index (χ3n) is 2.05. The van der Waals surface area contributed by atoms with Crippen molar-refractivity contribution in [3.8, 4) is 0 Å². The van der Waals surface area contributed by atoms with Gasteiger partial charge in [0.25, 0.3) is 0 Å². The van der Waals surface area contributed by atoms with Gasteiger partial charge in [0.15, 0.2) is 5.78 Å². The van der Waals surface area contributed by atoms with Crippen molar-refractivity contribution in [1.29, 1.82) is 0 Å². The predicted molar refractivity (Wildman–Crippen MR) is 71.4 cm³/mol. The van der Waals surface area contributed by atoms with Crippen LogP contribution in [0.25, 0.3) is 0 Å². The Balaban J connectivity index is 2.59. The monoisotopic (exact) mass is 281 g/mol. The first-order chi connectivity index (χ1) is 7.39. The van der Waals surface area contributed by atoms with Gasteiger partial charge in [-0.3, -0.25) is 4.79 Å². The van der Waals surface area contributed by atoms with E-state index in [1.807, 2.05) is 45.0 Å². The number of benzene rings is 1. The molecule has 1 rings (SSSR count). The summed E-state index contributed by atoms with van der Waals surface area (Å²) in [4.78, 5) is 11.6. The molecule has 0 aliphatic carbocycles. The van der Waals surface area contributed by atoms with E-state index in [1.54, 1.807) is 12.3 Å². The Morgan fingerprint density at radius 2 is 2.06 bits per heavy atom. The normalized spacial score (nSPS) is 11.8. The molecule has 0 heterocycles. The second-order valence-corrected chi connectivity index (χ2v) is 5.52. The van der Waals surface area contributed by atoms with E-state index < -0.39 is 0 Å². The lowest BCUT2D eigenvalue weighted by atomic mass is 9.91. The summed E-state index contributed by atoms with van der Waals surface area (Å²) in [6.07, 6.45) is 3.25. The van der Waals surface area contributed by atoms with Crippen LogP contribution in [-0.4, -0.2) is 5.78 Å². The molecule has 0 aliphatic rings. The second-order valence-electron chi connectivity index (χ2n) is 4.60. The highest BCUT2D eigenvalue weighted by Gasteiger charge is 2.17. The van der Waals surface area contributed by atoms with Crippen LogP contribution in [0.15, 0.2) is 41.0 Å². The zero-order chi connectivity index (χ0) is 12.2. The van der Waals surface area contributed by atoms with Crippen LogP contribution in [0.1, 0.15) is 20.8 Å². The Hall–Kier alpha value is -1.09.